The minimum atomic E-state index is -3.33. The van der Waals surface area contributed by atoms with Crippen LogP contribution in [0.15, 0.2) is 83.8 Å². The summed E-state index contributed by atoms with van der Waals surface area (Å²) in [6.07, 6.45) is 1.14. The van der Waals surface area contributed by atoms with Gasteiger partial charge in [-0.25, -0.2) is 17.8 Å². The van der Waals surface area contributed by atoms with Gasteiger partial charge in [0.25, 0.3) is 5.91 Å². The van der Waals surface area contributed by atoms with E-state index in [-0.39, 0.29) is 16.6 Å². The Morgan fingerprint density at radius 3 is 2.13 bits per heavy atom. The van der Waals surface area contributed by atoms with E-state index >= 15 is 0 Å². The number of benzene rings is 3. The van der Waals surface area contributed by atoms with Gasteiger partial charge in [0, 0.05) is 17.4 Å². The Morgan fingerprint density at radius 1 is 0.903 bits per heavy atom. The Balaban J connectivity index is 1.75. The van der Waals surface area contributed by atoms with Crippen LogP contribution in [-0.2, 0) is 9.84 Å². The molecule has 31 heavy (non-hydrogen) atoms. The molecule has 1 N–H and O–H groups in total. The number of halogens is 1. The Hall–Kier alpha value is -3.36. The van der Waals surface area contributed by atoms with Gasteiger partial charge in [-0.1, -0.05) is 53.8 Å². The largest absolute Gasteiger partial charge is 0.298 e. The number of rotatable bonds is 5. The maximum atomic E-state index is 13.4. The maximum absolute atomic E-state index is 13.4. The number of aromatic nitrogens is 1. The number of thiazole rings is 1. The lowest BCUT2D eigenvalue weighted by molar-refractivity contribution is 0.102. The van der Waals surface area contributed by atoms with E-state index in [2.05, 4.69) is 10.3 Å². The van der Waals surface area contributed by atoms with Crippen molar-refractivity contribution < 1.29 is 17.6 Å². The van der Waals surface area contributed by atoms with Gasteiger partial charge in [-0.05, 0) is 42.0 Å². The molecule has 0 atom stereocenters. The lowest BCUT2D eigenvalue weighted by Crippen LogP contribution is -2.11. The van der Waals surface area contributed by atoms with Crippen LogP contribution in [0.25, 0.3) is 21.7 Å². The molecule has 5 nitrogen and oxygen atoms in total. The summed E-state index contributed by atoms with van der Waals surface area (Å²) in [7, 11) is -3.33. The van der Waals surface area contributed by atoms with E-state index in [1.165, 1.54) is 35.6 Å². The summed E-state index contributed by atoms with van der Waals surface area (Å²) in [5.74, 6) is -0.649. The highest BCUT2D eigenvalue weighted by atomic mass is 32.2. The smallest absolute Gasteiger partial charge is 0.257 e. The molecule has 1 amide bonds. The van der Waals surface area contributed by atoms with Crippen LogP contribution in [-0.4, -0.2) is 25.6 Å². The lowest BCUT2D eigenvalue weighted by atomic mass is 10.1. The molecule has 0 fully saturated rings. The van der Waals surface area contributed by atoms with E-state index in [1.54, 1.807) is 48.5 Å². The minimum absolute atomic E-state index is 0.201. The lowest BCUT2D eigenvalue weighted by Gasteiger charge is -2.04. The number of carbonyl (C=O) groups excluding carboxylic acids is 1. The zero-order chi connectivity index (χ0) is 22.0. The summed E-state index contributed by atoms with van der Waals surface area (Å²) in [5, 5.41) is 3.19. The molecule has 0 radical (unpaired) electrons. The van der Waals surface area contributed by atoms with Crippen molar-refractivity contribution in [2.75, 3.05) is 11.6 Å². The molecule has 0 unspecified atom stereocenters. The quantitative estimate of drug-likeness (QED) is 0.447. The molecule has 1 heterocycles. The van der Waals surface area contributed by atoms with Crippen molar-refractivity contribution in [1.82, 2.24) is 4.98 Å². The molecule has 0 saturated heterocycles. The van der Waals surface area contributed by atoms with Crippen LogP contribution in [0.1, 0.15) is 10.4 Å². The third-order valence-electron chi connectivity index (χ3n) is 4.55. The van der Waals surface area contributed by atoms with Gasteiger partial charge < -0.3 is 0 Å². The van der Waals surface area contributed by atoms with Crippen molar-refractivity contribution in [2.24, 2.45) is 0 Å². The summed E-state index contributed by atoms with van der Waals surface area (Å²) >= 11 is 1.26. The van der Waals surface area contributed by atoms with Gasteiger partial charge in [0.05, 0.1) is 15.5 Å². The number of nitrogens with zero attached hydrogens (tertiary/aromatic N) is 1. The Kier molecular flexibility index (Phi) is 5.67. The Morgan fingerprint density at radius 2 is 1.52 bits per heavy atom. The predicted molar refractivity (Wildman–Crippen MR) is 120 cm³/mol. The second-order valence-corrected chi connectivity index (χ2v) is 9.84. The second-order valence-electron chi connectivity index (χ2n) is 6.82. The number of nitrogens with one attached hydrogen (secondary N) is 1. The van der Waals surface area contributed by atoms with Gasteiger partial charge >= 0.3 is 0 Å². The zero-order valence-electron chi connectivity index (χ0n) is 16.4. The minimum Gasteiger partial charge on any atom is -0.298 e. The molecule has 0 aliphatic heterocycles. The molecule has 0 bridgehead atoms. The van der Waals surface area contributed by atoms with Crippen molar-refractivity contribution in [3.8, 4) is 21.7 Å². The standard InChI is InChI=1S/C23H17FN2O3S2/c1-31(28,29)19-13-9-15(10-14-19)20-21(16-7-11-18(24)12-8-16)30-23(25-20)26-22(27)17-5-3-2-4-6-17/h2-14H,1H3,(H,25,26,27). The van der Waals surface area contributed by atoms with Crippen LogP contribution in [0.2, 0.25) is 0 Å². The monoisotopic (exact) mass is 452 g/mol. The average molecular weight is 453 g/mol. The van der Waals surface area contributed by atoms with E-state index in [1.807, 2.05) is 6.07 Å². The van der Waals surface area contributed by atoms with Crippen LogP contribution < -0.4 is 5.32 Å². The summed E-state index contributed by atoms with van der Waals surface area (Å²) < 4.78 is 37.0. The van der Waals surface area contributed by atoms with Crippen molar-refractivity contribution in [1.29, 1.82) is 0 Å². The van der Waals surface area contributed by atoms with Gasteiger partial charge in [0.1, 0.15) is 5.82 Å². The van der Waals surface area contributed by atoms with Crippen LogP contribution in [0, 0.1) is 5.82 Å². The summed E-state index contributed by atoms with van der Waals surface area (Å²) in [5.41, 5.74) is 2.49. The van der Waals surface area contributed by atoms with Crippen molar-refractivity contribution in [2.45, 2.75) is 4.90 Å². The second kappa shape index (κ2) is 8.41. The van der Waals surface area contributed by atoms with Crippen LogP contribution in [0.3, 0.4) is 0 Å². The molecule has 8 heteroatoms. The number of carbonyl (C=O) groups is 1. The zero-order valence-corrected chi connectivity index (χ0v) is 18.0. The van der Waals surface area contributed by atoms with Gasteiger partial charge in [-0.15, -0.1) is 0 Å². The highest BCUT2D eigenvalue weighted by Gasteiger charge is 2.18. The first-order chi connectivity index (χ1) is 14.8. The topological polar surface area (TPSA) is 76.1 Å². The van der Waals surface area contributed by atoms with Gasteiger partial charge in [0.15, 0.2) is 15.0 Å². The molecule has 0 aliphatic carbocycles. The molecule has 1 aromatic heterocycles. The first kappa shape index (κ1) is 20.9. The third kappa shape index (κ3) is 4.70. The predicted octanol–water partition coefficient (Wildman–Crippen LogP) is 5.27. The fourth-order valence-electron chi connectivity index (χ4n) is 2.98. The van der Waals surface area contributed by atoms with Crippen molar-refractivity contribution >= 4 is 32.2 Å². The van der Waals surface area contributed by atoms with E-state index in [4.69, 9.17) is 0 Å². The van der Waals surface area contributed by atoms with E-state index in [0.29, 0.717) is 22.0 Å². The van der Waals surface area contributed by atoms with E-state index in [9.17, 15) is 17.6 Å². The summed E-state index contributed by atoms with van der Waals surface area (Å²) in [4.78, 5) is 18.1. The summed E-state index contributed by atoms with van der Waals surface area (Å²) in [6.45, 7) is 0. The molecular formula is C23H17FN2O3S2. The van der Waals surface area contributed by atoms with Gasteiger partial charge in [-0.2, -0.15) is 0 Å². The van der Waals surface area contributed by atoms with Crippen LogP contribution in [0.4, 0.5) is 9.52 Å². The molecule has 0 saturated carbocycles. The Bertz CT molecular complexity index is 1330. The molecule has 0 spiro atoms. The molecule has 156 valence electrons. The number of anilines is 1. The molecule has 3 aromatic carbocycles. The number of hydrogen-bond acceptors (Lipinski definition) is 5. The Labute approximate surface area is 183 Å². The first-order valence-corrected chi connectivity index (χ1v) is 12.0. The number of amides is 1. The van der Waals surface area contributed by atoms with Gasteiger partial charge in [0.2, 0.25) is 0 Å². The third-order valence-corrected chi connectivity index (χ3v) is 6.69. The SMILES string of the molecule is CS(=O)(=O)c1ccc(-c2nc(NC(=O)c3ccccc3)sc2-c2ccc(F)cc2)cc1. The normalized spacial score (nSPS) is 11.3. The summed E-state index contributed by atoms with van der Waals surface area (Å²) in [6, 6.07) is 21.1. The molecule has 4 rings (SSSR count). The highest BCUT2D eigenvalue weighted by Crippen LogP contribution is 2.39. The van der Waals surface area contributed by atoms with E-state index in [0.717, 1.165) is 16.7 Å². The van der Waals surface area contributed by atoms with Crippen molar-refractivity contribution in [3.63, 3.8) is 0 Å². The highest BCUT2D eigenvalue weighted by molar-refractivity contribution is 7.90. The first-order valence-electron chi connectivity index (χ1n) is 9.25. The molecular weight excluding hydrogens is 435 g/mol. The van der Waals surface area contributed by atoms with Crippen LogP contribution >= 0.6 is 11.3 Å². The van der Waals surface area contributed by atoms with Crippen LogP contribution in [0.5, 0.6) is 0 Å². The van der Waals surface area contributed by atoms with E-state index < -0.39 is 9.84 Å². The molecule has 0 aliphatic rings. The molecule has 4 aromatic rings. The fourth-order valence-corrected chi connectivity index (χ4v) is 4.60. The maximum Gasteiger partial charge on any atom is 0.257 e. The fraction of sp³-hybridized carbons (Fsp3) is 0.0435. The number of sulfone groups is 1. The van der Waals surface area contributed by atoms with Gasteiger partial charge in [-0.3, -0.25) is 10.1 Å². The average Bonchev–Trinajstić information content (AvgIpc) is 3.18. The number of hydrogen-bond donors (Lipinski definition) is 1. The van der Waals surface area contributed by atoms with Crippen molar-refractivity contribution in [3.05, 3.63) is 90.2 Å².